The van der Waals surface area contributed by atoms with Gasteiger partial charge in [-0.15, -0.1) is 11.8 Å². The standard InChI is InChI=1S/C14H20N2O2S2/c1-4-11-13(20-6-5-19-11)14-15-8(2)10(7-12(17)18)9(3)16-14/h11,13H,4-7H2,1-3H3,(H,17,18). The van der Waals surface area contributed by atoms with Crippen molar-refractivity contribution in [3.8, 4) is 0 Å². The van der Waals surface area contributed by atoms with E-state index in [4.69, 9.17) is 5.11 Å². The van der Waals surface area contributed by atoms with Crippen molar-refractivity contribution in [1.82, 2.24) is 9.97 Å². The smallest absolute Gasteiger partial charge is 0.307 e. The summed E-state index contributed by atoms with van der Waals surface area (Å²) in [5, 5.41) is 9.83. The number of aliphatic carboxylic acids is 1. The second-order valence-corrected chi connectivity index (χ2v) is 7.51. The average molecular weight is 312 g/mol. The molecule has 1 N–H and O–H groups in total. The number of thioether (sulfide) groups is 2. The topological polar surface area (TPSA) is 63.1 Å². The molecule has 0 radical (unpaired) electrons. The van der Waals surface area contributed by atoms with Crippen LogP contribution in [0.5, 0.6) is 0 Å². The highest BCUT2D eigenvalue weighted by Crippen LogP contribution is 2.42. The van der Waals surface area contributed by atoms with Crippen molar-refractivity contribution in [3.05, 3.63) is 22.8 Å². The second-order valence-electron chi connectivity index (χ2n) is 4.91. The number of carboxylic acid groups (broad SMARTS) is 1. The molecular weight excluding hydrogens is 292 g/mol. The quantitative estimate of drug-likeness (QED) is 0.922. The number of carboxylic acids is 1. The van der Waals surface area contributed by atoms with Gasteiger partial charge in [0.1, 0.15) is 5.82 Å². The molecule has 2 rings (SSSR count). The molecule has 2 atom stereocenters. The molecule has 1 aliphatic heterocycles. The van der Waals surface area contributed by atoms with Gasteiger partial charge >= 0.3 is 5.97 Å². The Labute approximate surface area is 128 Å². The first-order valence-electron chi connectivity index (χ1n) is 6.82. The fraction of sp³-hybridized carbons (Fsp3) is 0.643. The zero-order chi connectivity index (χ0) is 14.7. The van der Waals surface area contributed by atoms with Crippen LogP contribution in [0.2, 0.25) is 0 Å². The highest BCUT2D eigenvalue weighted by molar-refractivity contribution is 8.06. The lowest BCUT2D eigenvalue weighted by Crippen LogP contribution is -2.22. The van der Waals surface area contributed by atoms with E-state index in [2.05, 4.69) is 16.9 Å². The molecule has 0 bridgehead atoms. The molecule has 6 heteroatoms. The molecule has 4 nitrogen and oxygen atoms in total. The highest BCUT2D eigenvalue weighted by Gasteiger charge is 2.29. The van der Waals surface area contributed by atoms with Crippen LogP contribution >= 0.6 is 23.5 Å². The maximum atomic E-state index is 10.9. The molecule has 0 amide bonds. The highest BCUT2D eigenvalue weighted by atomic mass is 32.2. The molecule has 0 saturated carbocycles. The monoisotopic (exact) mass is 312 g/mol. The average Bonchev–Trinajstić information content (AvgIpc) is 2.42. The first-order valence-corrected chi connectivity index (χ1v) is 8.91. The van der Waals surface area contributed by atoms with Gasteiger partial charge < -0.3 is 5.11 Å². The minimum Gasteiger partial charge on any atom is -0.481 e. The minimum atomic E-state index is -0.832. The summed E-state index contributed by atoms with van der Waals surface area (Å²) in [6.07, 6.45) is 1.11. The van der Waals surface area contributed by atoms with Crippen LogP contribution in [0.15, 0.2) is 0 Å². The number of aromatic nitrogens is 2. The normalized spacial score (nSPS) is 22.8. The van der Waals surface area contributed by atoms with E-state index >= 15 is 0 Å². The summed E-state index contributed by atoms with van der Waals surface area (Å²) in [6, 6.07) is 0. The summed E-state index contributed by atoms with van der Waals surface area (Å²) in [6.45, 7) is 5.98. The van der Waals surface area contributed by atoms with Crippen LogP contribution in [-0.2, 0) is 11.2 Å². The van der Waals surface area contributed by atoms with Crippen LogP contribution in [0.3, 0.4) is 0 Å². The molecule has 1 aromatic rings. The van der Waals surface area contributed by atoms with E-state index in [-0.39, 0.29) is 6.42 Å². The van der Waals surface area contributed by atoms with E-state index in [1.165, 1.54) is 5.75 Å². The Morgan fingerprint density at radius 1 is 1.25 bits per heavy atom. The number of nitrogens with zero attached hydrogens (tertiary/aromatic N) is 2. The lowest BCUT2D eigenvalue weighted by Gasteiger charge is -2.29. The van der Waals surface area contributed by atoms with Crippen molar-refractivity contribution in [1.29, 1.82) is 0 Å². The summed E-state index contributed by atoms with van der Waals surface area (Å²) < 4.78 is 0. The lowest BCUT2D eigenvalue weighted by atomic mass is 10.1. The predicted octanol–water partition coefficient (Wildman–Crippen LogP) is 3.02. The molecule has 1 fully saturated rings. The number of hydrogen-bond acceptors (Lipinski definition) is 5. The van der Waals surface area contributed by atoms with Crippen LogP contribution in [0.4, 0.5) is 0 Å². The van der Waals surface area contributed by atoms with Gasteiger partial charge in [-0.3, -0.25) is 4.79 Å². The SMILES string of the molecule is CCC1SCCSC1c1nc(C)c(CC(=O)O)c(C)n1. The molecular formula is C14H20N2O2S2. The van der Waals surface area contributed by atoms with Crippen LogP contribution < -0.4 is 0 Å². The van der Waals surface area contributed by atoms with E-state index in [1.807, 2.05) is 37.4 Å². The fourth-order valence-electron chi connectivity index (χ4n) is 2.44. The first-order chi connectivity index (χ1) is 9.52. The van der Waals surface area contributed by atoms with Crippen LogP contribution in [-0.4, -0.2) is 37.8 Å². The Balaban J connectivity index is 2.31. The maximum absolute atomic E-state index is 10.9. The lowest BCUT2D eigenvalue weighted by molar-refractivity contribution is -0.136. The van der Waals surface area contributed by atoms with Gasteiger partial charge in [-0.25, -0.2) is 9.97 Å². The van der Waals surface area contributed by atoms with Gasteiger partial charge in [0.05, 0.1) is 11.7 Å². The number of hydrogen-bond donors (Lipinski definition) is 1. The fourth-order valence-corrected chi connectivity index (χ4v) is 5.43. The third kappa shape index (κ3) is 3.47. The molecule has 2 unspecified atom stereocenters. The van der Waals surface area contributed by atoms with Gasteiger partial charge in [0.2, 0.25) is 0 Å². The molecule has 2 heterocycles. The summed E-state index contributed by atoms with van der Waals surface area (Å²) in [5.74, 6) is 2.36. The molecule has 1 aromatic heterocycles. The molecule has 0 aliphatic carbocycles. The molecule has 110 valence electrons. The third-order valence-electron chi connectivity index (χ3n) is 3.47. The van der Waals surface area contributed by atoms with E-state index in [0.717, 1.165) is 34.9 Å². The van der Waals surface area contributed by atoms with E-state index in [9.17, 15) is 4.79 Å². The Kier molecular flexibility index (Phi) is 5.32. The maximum Gasteiger partial charge on any atom is 0.307 e. The summed E-state index contributed by atoms with van der Waals surface area (Å²) >= 11 is 3.92. The Morgan fingerprint density at radius 3 is 2.40 bits per heavy atom. The Morgan fingerprint density at radius 2 is 1.85 bits per heavy atom. The first kappa shape index (κ1) is 15.6. The van der Waals surface area contributed by atoms with Crippen LogP contribution in [0.25, 0.3) is 0 Å². The van der Waals surface area contributed by atoms with E-state index in [0.29, 0.717) is 10.5 Å². The van der Waals surface area contributed by atoms with Gasteiger partial charge in [0.15, 0.2) is 0 Å². The minimum absolute atomic E-state index is 0.00170. The number of rotatable bonds is 4. The number of aryl methyl sites for hydroxylation is 2. The summed E-state index contributed by atoms with van der Waals surface area (Å²) in [4.78, 5) is 20.1. The number of carbonyl (C=O) groups is 1. The third-order valence-corrected chi connectivity index (χ3v) is 6.72. The molecule has 20 heavy (non-hydrogen) atoms. The summed E-state index contributed by atoms with van der Waals surface area (Å²) in [7, 11) is 0. The Hall–Kier alpha value is -0.750. The van der Waals surface area contributed by atoms with Gasteiger partial charge in [-0.1, -0.05) is 6.92 Å². The van der Waals surface area contributed by atoms with Gasteiger partial charge in [0, 0.05) is 33.7 Å². The van der Waals surface area contributed by atoms with Gasteiger partial charge in [-0.05, 0) is 20.3 Å². The van der Waals surface area contributed by atoms with Crippen LogP contribution in [0, 0.1) is 13.8 Å². The zero-order valence-electron chi connectivity index (χ0n) is 12.0. The second kappa shape index (κ2) is 6.80. The van der Waals surface area contributed by atoms with Crippen molar-refractivity contribution < 1.29 is 9.90 Å². The summed E-state index contributed by atoms with van der Waals surface area (Å²) in [5.41, 5.74) is 2.37. The van der Waals surface area contributed by atoms with Gasteiger partial charge in [0.25, 0.3) is 0 Å². The van der Waals surface area contributed by atoms with Crippen molar-refractivity contribution in [2.45, 2.75) is 44.1 Å². The van der Waals surface area contributed by atoms with E-state index in [1.54, 1.807) is 0 Å². The zero-order valence-corrected chi connectivity index (χ0v) is 13.7. The molecule has 0 spiro atoms. The van der Waals surface area contributed by atoms with E-state index < -0.39 is 5.97 Å². The predicted molar refractivity (Wildman–Crippen MR) is 84.6 cm³/mol. The van der Waals surface area contributed by atoms with Crippen molar-refractivity contribution in [3.63, 3.8) is 0 Å². The van der Waals surface area contributed by atoms with Crippen molar-refractivity contribution in [2.75, 3.05) is 11.5 Å². The van der Waals surface area contributed by atoms with Crippen molar-refractivity contribution in [2.24, 2.45) is 0 Å². The van der Waals surface area contributed by atoms with Gasteiger partial charge in [-0.2, -0.15) is 11.8 Å². The van der Waals surface area contributed by atoms with Crippen LogP contribution in [0.1, 0.15) is 41.4 Å². The largest absolute Gasteiger partial charge is 0.481 e. The molecule has 1 aliphatic rings. The van der Waals surface area contributed by atoms with Crippen molar-refractivity contribution >= 4 is 29.5 Å². The molecule has 0 aromatic carbocycles. The molecule has 1 saturated heterocycles. The Bertz CT molecular complexity index is 485.